The molecule has 11 nitrogen and oxygen atoms in total. The Kier molecular flexibility index (Phi) is 10.5. The van der Waals surface area contributed by atoms with Crippen LogP contribution >= 0.6 is 0 Å². The normalized spacial score (nSPS) is 13.8. The van der Waals surface area contributed by atoms with Gasteiger partial charge in [-0.05, 0) is 103 Å². The van der Waals surface area contributed by atoms with E-state index >= 15 is 0 Å². The quantitative estimate of drug-likeness (QED) is 0.135. The van der Waals surface area contributed by atoms with E-state index in [0.29, 0.717) is 60.2 Å². The molecule has 0 unspecified atom stereocenters. The number of pyridine rings is 2. The molecule has 1 aliphatic heterocycles. The highest BCUT2D eigenvalue weighted by Gasteiger charge is 2.35. The van der Waals surface area contributed by atoms with Crippen molar-refractivity contribution in [2.75, 3.05) is 30.3 Å². The minimum atomic E-state index is -0.594. The topological polar surface area (TPSA) is 138 Å². The predicted octanol–water partition coefficient (Wildman–Crippen LogP) is 8.44. The molecule has 2 N–H and O–H groups in total. The van der Waals surface area contributed by atoms with Crippen molar-refractivity contribution in [1.29, 1.82) is 0 Å². The van der Waals surface area contributed by atoms with E-state index in [1.807, 2.05) is 116 Å². The Bertz CT molecular complexity index is 2590. The van der Waals surface area contributed by atoms with Crippen LogP contribution in [0.1, 0.15) is 47.2 Å². The maximum absolute atomic E-state index is 13.6. The van der Waals surface area contributed by atoms with Crippen molar-refractivity contribution < 1.29 is 23.6 Å². The molecular formula is C46H40N6O5. The molecular weight excluding hydrogens is 717 g/mol. The minimum absolute atomic E-state index is 0.106. The van der Waals surface area contributed by atoms with Gasteiger partial charge in [0.2, 0.25) is 11.8 Å². The van der Waals surface area contributed by atoms with Gasteiger partial charge in [0.1, 0.15) is 35.5 Å². The number of aromatic nitrogens is 2. The van der Waals surface area contributed by atoms with Gasteiger partial charge >= 0.3 is 0 Å². The third-order valence-corrected chi connectivity index (χ3v) is 10.2. The molecule has 0 radical (unpaired) electrons. The Morgan fingerprint density at radius 1 is 0.702 bits per heavy atom. The van der Waals surface area contributed by atoms with Crippen LogP contribution in [0.4, 0.5) is 11.4 Å². The number of carbonyl (C=O) groups excluding carboxylic acids is 4. The largest absolute Gasteiger partial charge is 0.456 e. The van der Waals surface area contributed by atoms with E-state index in [1.54, 1.807) is 29.4 Å². The third-order valence-electron chi connectivity index (χ3n) is 10.2. The van der Waals surface area contributed by atoms with Crippen LogP contribution in [0, 0.1) is 0 Å². The lowest BCUT2D eigenvalue weighted by Gasteiger charge is -2.24. The summed E-state index contributed by atoms with van der Waals surface area (Å²) in [5.41, 5.74) is 3.54. The summed E-state index contributed by atoms with van der Waals surface area (Å²) in [6.45, 7) is 2.77. The van der Waals surface area contributed by atoms with Crippen LogP contribution in [0.5, 0.6) is 0 Å². The molecule has 4 amide bonds. The van der Waals surface area contributed by atoms with Gasteiger partial charge in [-0.1, -0.05) is 55.5 Å². The van der Waals surface area contributed by atoms with Gasteiger partial charge in [-0.2, -0.15) is 0 Å². The highest BCUT2D eigenvalue weighted by atomic mass is 16.3. The van der Waals surface area contributed by atoms with Crippen LogP contribution in [0.25, 0.3) is 44.2 Å². The van der Waals surface area contributed by atoms with Crippen molar-refractivity contribution in [3.63, 3.8) is 0 Å². The molecule has 4 heterocycles. The smallest absolute Gasteiger partial charge is 0.273 e. The van der Waals surface area contributed by atoms with E-state index in [0.717, 1.165) is 39.1 Å². The highest BCUT2D eigenvalue weighted by Crippen LogP contribution is 2.31. The highest BCUT2D eigenvalue weighted by molar-refractivity contribution is 6.08. The first-order valence-corrected chi connectivity index (χ1v) is 19.1. The molecule has 0 spiro atoms. The van der Waals surface area contributed by atoms with Gasteiger partial charge in [0.25, 0.3) is 11.8 Å². The Hall–Kier alpha value is -7.14. The van der Waals surface area contributed by atoms with Crippen molar-refractivity contribution in [3.8, 4) is 22.6 Å². The van der Waals surface area contributed by atoms with Crippen molar-refractivity contribution in [3.05, 3.63) is 145 Å². The number of carbonyl (C=O) groups is 4. The lowest BCUT2D eigenvalue weighted by molar-refractivity contribution is -0.119. The molecule has 1 fully saturated rings. The fourth-order valence-corrected chi connectivity index (χ4v) is 7.35. The number of rotatable bonds is 11. The Morgan fingerprint density at radius 3 is 1.88 bits per heavy atom. The summed E-state index contributed by atoms with van der Waals surface area (Å²) in [7, 11) is 0. The van der Waals surface area contributed by atoms with Gasteiger partial charge in [-0.15, -0.1) is 0 Å². The number of amides is 4. The van der Waals surface area contributed by atoms with Crippen molar-refractivity contribution in [1.82, 2.24) is 19.8 Å². The van der Waals surface area contributed by atoms with Gasteiger partial charge < -0.3 is 24.9 Å². The molecule has 3 aromatic heterocycles. The summed E-state index contributed by atoms with van der Waals surface area (Å²) >= 11 is 0. The fourth-order valence-electron chi connectivity index (χ4n) is 7.35. The molecule has 284 valence electrons. The number of furan rings is 1. The molecule has 1 saturated heterocycles. The minimum Gasteiger partial charge on any atom is -0.456 e. The Morgan fingerprint density at radius 2 is 1.26 bits per heavy atom. The van der Waals surface area contributed by atoms with E-state index in [1.165, 1.54) is 4.90 Å². The van der Waals surface area contributed by atoms with Crippen LogP contribution in [-0.2, 0) is 9.59 Å². The molecule has 0 saturated carbocycles. The molecule has 1 atom stereocenters. The van der Waals surface area contributed by atoms with Gasteiger partial charge in [0.15, 0.2) is 0 Å². The zero-order chi connectivity index (χ0) is 39.3. The molecule has 0 aliphatic carbocycles. The Balaban J connectivity index is 0.874. The van der Waals surface area contributed by atoms with E-state index in [2.05, 4.69) is 20.6 Å². The zero-order valence-corrected chi connectivity index (χ0v) is 31.4. The van der Waals surface area contributed by atoms with Crippen LogP contribution < -0.4 is 10.6 Å². The predicted molar refractivity (Wildman–Crippen MR) is 221 cm³/mol. The van der Waals surface area contributed by atoms with E-state index in [-0.39, 0.29) is 30.2 Å². The second-order valence-electron chi connectivity index (χ2n) is 14.0. The molecule has 4 aromatic carbocycles. The van der Waals surface area contributed by atoms with Crippen LogP contribution in [0.2, 0.25) is 0 Å². The third kappa shape index (κ3) is 7.86. The first-order chi connectivity index (χ1) is 27.9. The van der Waals surface area contributed by atoms with E-state index in [4.69, 9.17) is 4.42 Å². The van der Waals surface area contributed by atoms with E-state index < -0.39 is 6.04 Å². The zero-order valence-electron chi connectivity index (χ0n) is 31.4. The van der Waals surface area contributed by atoms with Crippen molar-refractivity contribution >= 4 is 56.5 Å². The maximum atomic E-state index is 13.6. The van der Waals surface area contributed by atoms with Gasteiger partial charge in [0, 0.05) is 58.8 Å². The number of fused-ring (bicyclic) bond motifs is 2. The number of nitrogens with one attached hydrogen (secondary N) is 2. The van der Waals surface area contributed by atoms with E-state index in [9.17, 15) is 19.2 Å². The number of anilines is 2. The van der Waals surface area contributed by atoms with Gasteiger partial charge in [0.05, 0.1) is 0 Å². The monoisotopic (exact) mass is 756 g/mol. The van der Waals surface area contributed by atoms with Crippen molar-refractivity contribution in [2.45, 2.75) is 32.2 Å². The average Bonchev–Trinajstić information content (AvgIpc) is 3.95. The number of hydrogen-bond acceptors (Lipinski definition) is 7. The number of nitrogens with zero attached hydrogens (tertiary/aromatic N) is 4. The molecule has 0 bridgehead atoms. The van der Waals surface area contributed by atoms with Gasteiger partial charge in [-0.3, -0.25) is 29.1 Å². The van der Waals surface area contributed by atoms with Gasteiger partial charge in [-0.25, -0.2) is 0 Å². The summed E-state index contributed by atoms with van der Waals surface area (Å²) in [5, 5.41) is 9.25. The Labute approximate surface area is 329 Å². The van der Waals surface area contributed by atoms with Crippen LogP contribution in [0.3, 0.4) is 0 Å². The second kappa shape index (κ2) is 16.3. The molecule has 7 aromatic rings. The molecule has 11 heteroatoms. The van der Waals surface area contributed by atoms with Crippen LogP contribution in [0.15, 0.2) is 138 Å². The number of hydrogen-bond donors (Lipinski definition) is 2. The second-order valence-corrected chi connectivity index (χ2v) is 14.0. The number of likely N-dealkylation sites (tertiary alicyclic amines) is 1. The summed E-state index contributed by atoms with van der Waals surface area (Å²) < 4.78 is 6.20. The van der Waals surface area contributed by atoms with Crippen molar-refractivity contribution in [2.24, 2.45) is 0 Å². The molecule has 8 rings (SSSR count). The lowest BCUT2D eigenvalue weighted by atomic mass is 10.1. The van der Waals surface area contributed by atoms with Crippen LogP contribution in [-0.4, -0.2) is 69.1 Å². The number of benzene rings is 4. The summed E-state index contributed by atoms with van der Waals surface area (Å²) in [6.07, 6.45) is 5.24. The summed E-state index contributed by atoms with van der Waals surface area (Å²) in [6, 6.07) is 36.8. The molecule has 1 aliphatic rings. The average molecular weight is 757 g/mol. The summed E-state index contributed by atoms with van der Waals surface area (Å²) in [4.78, 5) is 65.5. The lowest BCUT2D eigenvalue weighted by Crippen LogP contribution is -2.43. The standard InChI is InChI=1S/C46H40N6O5/c1-2-27-51(45(55)42-36-10-5-3-8-30(36)23-25-47-42)29-41(53)49-34-17-13-32(14-18-34)39-21-22-40(57-39)33-15-19-35(20-16-33)50-44(54)38-12-7-28-52(38)46(56)43-37-11-6-4-9-31(37)24-26-48-43/h3-6,8-11,13-26,38H,2,7,12,27-29H2,1H3,(H,49,53)(H,50,54)/t38-/m0/s1. The first-order valence-electron chi connectivity index (χ1n) is 19.1. The fraction of sp³-hybridized carbons (Fsp3) is 0.174. The summed E-state index contributed by atoms with van der Waals surface area (Å²) in [5.74, 6) is 0.222. The maximum Gasteiger partial charge on any atom is 0.273 e. The SMILES string of the molecule is CCCN(CC(=O)Nc1ccc(-c2ccc(-c3ccc(NC(=O)[C@@H]4CCCN4C(=O)c4nccc5ccccc45)cc3)o2)cc1)C(=O)c1nccc2ccccc12. The molecule has 57 heavy (non-hydrogen) atoms. The first kappa shape index (κ1) is 36.8.